The normalized spacial score (nSPS) is 13.6. The minimum Gasteiger partial charge on any atom is -0.465 e. The van der Waals surface area contributed by atoms with Crippen molar-refractivity contribution in [1.82, 2.24) is 4.57 Å². The number of hydrogen-bond acceptors (Lipinski definition) is 6. The van der Waals surface area contributed by atoms with Crippen LogP contribution < -0.4 is 14.3 Å². The average Bonchev–Trinajstić information content (AvgIpc) is 3.30. The quantitative estimate of drug-likeness (QED) is 0.564. The third-order valence-electron chi connectivity index (χ3n) is 4.43. The van der Waals surface area contributed by atoms with Gasteiger partial charge in [-0.2, -0.15) is 18.2 Å². The van der Waals surface area contributed by atoms with E-state index in [-0.39, 0.29) is 30.3 Å². The number of benzene rings is 2. The Labute approximate surface area is 177 Å². The third-order valence-corrected chi connectivity index (χ3v) is 5.47. The van der Waals surface area contributed by atoms with Crippen LogP contribution in [0.1, 0.15) is 22.8 Å². The predicted octanol–water partition coefficient (Wildman–Crippen LogP) is 3.75. The van der Waals surface area contributed by atoms with Gasteiger partial charge in [0.15, 0.2) is 16.3 Å². The molecule has 7 nitrogen and oxygen atoms in total. The van der Waals surface area contributed by atoms with E-state index in [2.05, 4.69) is 4.99 Å². The first kappa shape index (κ1) is 20.9. The van der Waals surface area contributed by atoms with Crippen LogP contribution in [0.5, 0.6) is 11.5 Å². The Hall–Kier alpha value is -3.34. The molecular formula is C20H15F3N2O5S. The largest absolute Gasteiger partial charge is 0.465 e. The standard InChI is InChI=1S/C20H15F3N2O5S/c1-2-28-17(26)9-25-13-7-14-15(30-10-29-14)8-16(13)31-19(25)24-18(27)11-3-5-12(6-4-11)20(21,22)23/h3-8H,2,9-10H2,1H3. The van der Waals surface area contributed by atoms with Gasteiger partial charge < -0.3 is 18.8 Å². The number of thiazole rings is 1. The lowest BCUT2D eigenvalue weighted by molar-refractivity contribution is -0.143. The van der Waals surface area contributed by atoms with Gasteiger partial charge in [0.25, 0.3) is 5.91 Å². The highest BCUT2D eigenvalue weighted by Gasteiger charge is 2.30. The molecule has 11 heteroatoms. The molecule has 3 aromatic rings. The van der Waals surface area contributed by atoms with Gasteiger partial charge in [0.05, 0.1) is 22.4 Å². The summed E-state index contributed by atoms with van der Waals surface area (Å²) in [4.78, 5) is 28.9. The fraction of sp³-hybridized carbons (Fsp3) is 0.250. The van der Waals surface area contributed by atoms with Crippen molar-refractivity contribution in [2.75, 3.05) is 13.4 Å². The molecule has 0 bridgehead atoms. The van der Waals surface area contributed by atoms with E-state index in [0.29, 0.717) is 21.7 Å². The lowest BCUT2D eigenvalue weighted by atomic mass is 10.1. The predicted molar refractivity (Wildman–Crippen MR) is 104 cm³/mol. The van der Waals surface area contributed by atoms with Gasteiger partial charge in [-0.05, 0) is 31.2 Å². The first-order valence-corrected chi connectivity index (χ1v) is 9.93. The van der Waals surface area contributed by atoms with Crippen LogP contribution in [0.3, 0.4) is 0 Å². The third kappa shape index (κ3) is 4.26. The zero-order chi connectivity index (χ0) is 22.2. The van der Waals surface area contributed by atoms with Crippen molar-refractivity contribution >= 4 is 33.4 Å². The molecule has 0 radical (unpaired) electrons. The average molecular weight is 452 g/mol. The van der Waals surface area contributed by atoms with Gasteiger partial charge in [-0.3, -0.25) is 9.59 Å². The zero-order valence-electron chi connectivity index (χ0n) is 16.1. The van der Waals surface area contributed by atoms with Crippen LogP contribution in [-0.2, 0) is 22.3 Å². The van der Waals surface area contributed by atoms with E-state index in [0.717, 1.165) is 35.6 Å². The minimum atomic E-state index is -4.50. The molecule has 1 amide bonds. The molecule has 0 unspecified atom stereocenters. The second-order valence-corrected chi connectivity index (χ2v) is 7.45. The highest BCUT2D eigenvalue weighted by molar-refractivity contribution is 7.16. The van der Waals surface area contributed by atoms with Crippen LogP contribution in [0.15, 0.2) is 41.4 Å². The van der Waals surface area contributed by atoms with Crippen molar-refractivity contribution in [1.29, 1.82) is 0 Å². The van der Waals surface area contributed by atoms with Crippen LogP contribution in [-0.4, -0.2) is 29.8 Å². The number of carbonyl (C=O) groups excluding carboxylic acids is 2. The second kappa shape index (κ2) is 8.06. The SMILES string of the molecule is CCOC(=O)Cn1c(=NC(=O)c2ccc(C(F)(F)F)cc2)sc2cc3c(cc21)OCO3. The minimum absolute atomic E-state index is 0.0118. The molecule has 0 saturated heterocycles. The van der Waals surface area contributed by atoms with Crippen molar-refractivity contribution in [3.05, 3.63) is 52.3 Å². The van der Waals surface area contributed by atoms with Crippen LogP contribution in [0, 0.1) is 0 Å². The molecule has 0 atom stereocenters. The van der Waals surface area contributed by atoms with Gasteiger partial charge in [0.2, 0.25) is 6.79 Å². The number of amides is 1. The molecule has 2 heterocycles. The molecule has 162 valence electrons. The molecule has 1 aromatic heterocycles. The van der Waals surface area contributed by atoms with Gasteiger partial charge in [0.1, 0.15) is 6.54 Å². The lowest BCUT2D eigenvalue weighted by Gasteiger charge is -2.06. The molecule has 1 aliphatic rings. The number of esters is 1. The maximum Gasteiger partial charge on any atom is 0.416 e. The summed E-state index contributed by atoms with van der Waals surface area (Å²) < 4.78 is 56.2. The molecule has 0 saturated carbocycles. The lowest BCUT2D eigenvalue weighted by Crippen LogP contribution is -2.23. The van der Waals surface area contributed by atoms with E-state index in [4.69, 9.17) is 14.2 Å². The van der Waals surface area contributed by atoms with E-state index in [1.54, 1.807) is 19.1 Å². The number of alkyl halides is 3. The van der Waals surface area contributed by atoms with Gasteiger partial charge >= 0.3 is 12.1 Å². The Balaban J connectivity index is 1.77. The van der Waals surface area contributed by atoms with Gasteiger partial charge in [-0.15, -0.1) is 0 Å². The number of carbonyl (C=O) groups is 2. The van der Waals surface area contributed by atoms with Gasteiger partial charge in [-0.25, -0.2) is 0 Å². The molecule has 0 spiro atoms. The number of nitrogens with zero attached hydrogens (tertiary/aromatic N) is 2. The monoisotopic (exact) mass is 452 g/mol. The molecule has 2 aromatic carbocycles. The molecule has 0 aliphatic carbocycles. The first-order valence-electron chi connectivity index (χ1n) is 9.11. The van der Waals surface area contributed by atoms with Crippen LogP contribution >= 0.6 is 11.3 Å². The van der Waals surface area contributed by atoms with E-state index in [9.17, 15) is 22.8 Å². The summed E-state index contributed by atoms with van der Waals surface area (Å²) in [6.07, 6.45) is -4.50. The maximum absolute atomic E-state index is 12.7. The number of ether oxygens (including phenoxy) is 3. The maximum atomic E-state index is 12.7. The number of aromatic nitrogens is 1. The summed E-state index contributed by atoms with van der Waals surface area (Å²) in [5.41, 5.74) is -0.290. The molecule has 4 rings (SSSR count). The molecule has 0 fully saturated rings. The van der Waals surface area contributed by atoms with Crippen molar-refractivity contribution in [3.8, 4) is 11.5 Å². The summed E-state index contributed by atoms with van der Waals surface area (Å²) in [6, 6.07) is 7.15. The first-order chi connectivity index (χ1) is 14.8. The smallest absolute Gasteiger partial charge is 0.416 e. The Bertz CT molecular complexity index is 1230. The number of hydrogen-bond donors (Lipinski definition) is 0. The van der Waals surface area contributed by atoms with Gasteiger partial charge in [-0.1, -0.05) is 11.3 Å². The zero-order valence-corrected chi connectivity index (χ0v) is 16.9. The van der Waals surface area contributed by atoms with E-state index < -0.39 is 23.6 Å². The number of halogens is 3. The van der Waals surface area contributed by atoms with Crippen LogP contribution in [0.25, 0.3) is 10.2 Å². The van der Waals surface area contributed by atoms with E-state index >= 15 is 0 Å². The Morgan fingerprint density at radius 3 is 2.48 bits per heavy atom. The Morgan fingerprint density at radius 1 is 1.16 bits per heavy atom. The van der Waals surface area contributed by atoms with E-state index in [1.807, 2.05) is 0 Å². The topological polar surface area (TPSA) is 79.1 Å². The van der Waals surface area contributed by atoms with Crippen molar-refractivity contribution in [2.24, 2.45) is 4.99 Å². The summed E-state index contributed by atoms with van der Waals surface area (Å²) >= 11 is 1.13. The van der Waals surface area contributed by atoms with Crippen LogP contribution in [0.2, 0.25) is 0 Å². The van der Waals surface area contributed by atoms with Gasteiger partial charge in [0, 0.05) is 17.7 Å². The fourth-order valence-corrected chi connectivity index (χ4v) is 4.02. The molecule has 0 N–H and O–H groups in total. The van der Waals surface area contributed by atoms with Crippen molar-refractivity contribution in [2.45, 2.75) is 19.6 Å². The highest BCUT2D eigenvalue weighted by atomic mass is 32.1. The summed E-state index contributed by atoms with van der Waals surface area (Å²) in [5, 5.41) is 0. The second-order valence-electron chi connectivity index (χ2n) is 6.44. The number of fused-ring (bicyclic) bond motifs is 2. The Kier molecular flexibility index (Phi) is 5.44. The Morgan fingerprint density at radius 2 is 1.84 bits per heavy atom. The molecular weight excluding hydrogens is 437 g/mol. The fourth-order valence-electron chi connectivity index (χ4n) is 2.99. The summed E-state index contributed by atoms with van der Waals surface area (Å²) in [6.45, 7) is 1.73. The molecule has 31 heavy (non-hydrogen) atoms. The van der Waals surface area contributed by atoms with E-state index in [1.165, 1.54) is 4.57 Å². The summed E-state index contributed by atoms with van der Waals surface area (Å²) in [7, 11) is 0. The number of rotatable bonds is 4. The van der Waals surface area contributed by atoms with Crippen molar-refractivity contribution < 1.29 is 37.0 Å². The summed E-state index contributed by atoms with van der Waals surface area (Å²) in [5.74, 6) is -0.248. The van der Waals surface area contributed by atoms with Crippen LogP contribution in [0.4, 0.5) is 13.2 Å². The van der Waals surface area contributed by atoms with Crippen molar-refractivity contribution in [3.63, 3.8) is 0 Å². The molecule has 1 aliphatic heterocycles. The highest BCUT2D eigenvalue weighted by Crippen LogP contribution is 2.37.